The van der Waals surface area contributed by atoms with E-state index in [1.807, 2.05) is 0 Å². The molecule has 0 unspecified atom stereocenters. The number of rotatable bonds is 4. The minimum absolute atomic E-state index is 0.101. The van der Waals surface area contributed by atoms with Gasteiger partial charge in [-0.2, -0.15) is 0 Å². The van der Waals surface area contributed by atoms with Gasteiger partial charge < -0.3 is 9.80 Å². The third kappa shape index (κ3) is 3.41. The number of hydrogen-bond donors (Lipinski definition) is 3. The quantitative estimate of drug-likeness (QED) is 0.618. The summed E-state index contributed by atoms with van der Waals surface area (Å²) in [7, 11) is 0. The molecule has 2 aliphatic heterocycles. The molecule has 0 aliphatic carbocycles. The molecular formula is C21H25N3O2+2. The van der Waals surface area contributed by atoms with E-state index in [0.717, 1.165) is 26.2 Å². The number of amides is 2. The van der Waals surface area contributed by atoms with Crippen molar-refractivity contribution in [3.8, 4) is 0 Å². The van der Waals surface area contributed by atoms with E-state index in [4.69, 9.17) is 0 Å². The largest absolute Gasteiger partial charge is 0.316 e. The molecule has 4 rings (SSSR count). The van der Waals surface area contributed by atoms with Gasteiger partial charge in [0.2, 0.25) is 5.91 Å². The van der Waals surface area contributed by atoms with Crippen LogP contribution in [-0.4, -0.2) is 44.0 Å². The molecule has 2 aliphatic rings. The Morgan fingerprint density at radius 3 is 1.81 bits per heavy atom. The first kappa shape index (κ1) is 16.9. The van der Waals surface area contributed by atoms with Gasteiger partial charge in [-0.3, -0.25) is 14.9 Å². The molecular weight excluding hydrogens is 326 g/mol. The Kier molecular flexibility index (Phi) is 4.82. The Hall–Kier alpha value is -2.50. The summed E-state index contributed by atoms with van der Waals surface area (Å²) in [5, 5.41) is 2.44. The maximum Gasteiger partial charge on any atom is 0.285 e. The first-order valence-corrected chi connectivity index (χ1v) is 9.35. The number of piperazine rings is 1. The van der Waals surface area contributed by atoms with Crippen molar-refractivity contribution in [3.63, 3.8) is 0 Å². The summed E-state index contributed by atoms with van der Waals surface area (Å²) >= 11 is 0. The molecule has 2 aromatic rings. The average Bonchev–Trinajstić information content (AvgIpc) is 3.02. The van der Waals surface area contributed by atoms with Crippen molar-refractivity contribution in [2.75, 3.05) is 26.2 Å². The zero-order valence-electron chi connectivity index (χ0n) is 14.8. The molecule has 0 spiro atoms. The van der Waals surface area contributed by atoms with Crippen LogP contribution in [-0.2, 0) is 9.59 Å². The van der Waals surface area contributed by atoms with Crippen LogP contribution in [0.25, 0.3) is 0 Å². The molecule has 0 aromatic heterocycles. The van der Waals surface area contributed by atoms with Crippen LogP contribution < -0.4 is 15.1 Å². The van der Waals surface area contributed by atoms with Gasteiger partial charge in [-0.25, -0.2) is 0 Å². The lowest BCUT2D eigenvalue weighted by Gasteiger charge is -2.36. The van der Waals surface area contributed by atoms with Crippen molar-refractivity contribution < 1.29 is 19.4 Å². The minimum atomic E-state index is -0.198. The van der Waals surface area contributed by atoms with Crippen molar-refractivity contribution in [2.45, 2.75) is 18.5 Å². The molecule has 0 radical (unpaired) electrons. The van der Waals surface area contributed by atoms with Crippen molar-refractivity contribution in [3.05, 3.63) is 71.8 Å². The van der Waals surface area contributed by atoms with Crippen molar-refractivity contribution >= 4 is 11.8 Å². The van der Waals surface area contributed by atoms with Crippen LogP contribution in [0.5, 0.6) is 0 Å². The molecule has 2 saturated heterocycles. The third-order valence-corrected chi connectivity index (χ3v) is 5.67. The summed E-state index contributed by atoms with van der Waals surface area (Å²) in [5.41, 5.74) is 2.65. The van der Waals surface area contributed by atoms with Crippen LogP contribution in [0.1, 0.15) is 23.6 Å². The highest BCUT2D eigenvalue weighted by molar-refractivity contribution is 6.04. The standard InChI is InChI=1S/C21H23N3O2/c25-19-15-18(21(26)22-19)23-11-13-24(14-12-23)20(16-7-3-1-4-8-16)17-9-5-2-6-10-17/h1-10,18,20H,11-15H2,(H,22,25,26)/p+2/t18-/m1/s1. The lowest BCUT2D eigenvalue weighted by atomic mass is 9.96. The number of quaternary nitrogens is 2. The lowest BCUT2D eigenvalue weighted by molar-refractivity contribution is -1.03. The maximum absolute atomic E-state index is 12.0. The van der Waals surface area contributed by atoms with E-state index >= 15 is 0 Å². The van der Waals surface area contributed by atoms with Gasteiger partial charge in [0.1, 0.15) is 32.2 Å². The summed E-state index contributed by atoms with van der Waals surface area (Å²) in [6.07, 6.45) is 0.338. The summed E-state index contributed by atoms with van der Waals surface area (Å²) in [6.45, 7) is 3.80. The van der Waals surface area contributed by atoms with Crippen LogP contribution in [0.3, 0.4) is 0 Å². The fraction of sp³-hybridized carbons (Fsp3) is 0.333. The fourth-order valence-corrected chi connectivity index (χ4v) is 4.37. The molecule has 134 valence electrons. The maximum atomic E-state index is 12.0. The Labute approximate surface area is 153 Å². The second kappa shape index (κ2) is 7.40. The third-order valence-electron chi connectivity index (χ3n) is 5.67. The Morgan fingerprint density at radius 1 is 0.808 bits per heavy atom. The second-order valence-electron chi connectivity index (χ2n) is 7.24. The van der Waals surface area contributed by atoms with Gasteiger partial charge in [-0.05, 0) is 0 Å². The normalized spacial score (nSPS) is 26.1. The van der Waals surface area contributed by atoms with Gasteiger partial charge in [0, 0.05) is 11.1 Å². The van der Waals surface area contributed by atoms with Gasteiger partial charge in [-0.15, -0.1) is 0 Å². The highest BCUT2D eigenvalue weighted by atomic mass is 16.2. The van der Waals surface area contributed by atoms with E-state index < -0.39 is 0 Å². The smallest absolute Gasteiger partial charge is 0.285 e. The molecule has 2 aromatic carbocycles. The summed E-state index contributed by atoms with van der Waals surface area (Å²) in [6, 6.07) is 21.4. The average molecular weight is 351 g/mol. The summed E-state index contributed by atoms with van der Waals surface area (Å²) in [5.74, 6) is -0.232. The predicted molar refractivity (Wildman–Crippen MR) is 97.7 cm³/mol. The monoisotopic (exact) mass is 351 g/mol. The first-order valence-electron chi connectivity index (χ1n) is 9.35. The predicted octanol–water partition coefficient (Wildman–Crippen LogP) is -1.03. The minimum Gasteiger partial charge on any atom is -0.316 e. The van der Waals surface area contributed by atoms with Crippen LogP contribution >= 0.6 is 0 Å². The van der Waals surface area contributed by atoms with Crippen LogP contribution in [0.15, 0.2) is 60.7 Å². The van der Waals surface area contributed by atoms with Crippen LogP contribution in [0.4, 0.5) is 0 Å². The van der Waals surface area contributed by atoms with E-state index in [9.17, 15) is 9.59 Å². The second-order valence-corrected chi connectivity index (χ2v) is 7.24. The number of benzene rings is 2. The van der Waals surface area contributed by atoms with E-state index in [2.05, 4.69) is 66.0 Å². The van der Waals surface area contributed by atoms with Crippen LogP contribution in [0.2, 0.25) is 0 Å². The zero-order valence-corrected chi connectivity index (χ0v) is 14.8. The van der Waals surface area contributed by atoms with Crippen molar-refractivity contribution in [1.29, 1.82) is 0 Å². The first-order chi connectivity index (χ1) is 12.7. The number of nitrogens with one attached hydrogen (secondary N) is 3. The molecule has 2 heterocycles. The van der Waals surface area contributed by atoms with E-state index in [1.54, 1.807) is 0 Å². The molecule has 26 heavy (non-hydrogen) atoms. The van der Waals surface area contributed by atoms with E-state index in [1.165, 1.54) is 20.9 Å². The molecule has 3 N–H and O–H groups in total. The van der Waals surface area contributed by atoms with Gasteiger partial charge in [0.05, 0.1) is 6.42 Å². The lowest BCUT2D eigenvalue weighted by Crippen LogP contribution is -3.30. The van der Waals surface area contributed by atoms with Gasteiger partial charge in [-0.1, -0.05) is 60.7 Å². The molecule has 2 amide bonds. The van der Waals surface area contributed by atoms with Gasteiger partial charge in [0.15, 0.2) is 6.04 Å². The SMILES string of the molecule is O=C1C[C@@H]([NH+]2CC[NH+](C(c3ccccc3)c3ccccc3)CC2)C(=O)N1. The molecule has 5 nitrogen and oxygen atoms in total. The Balaban J connectivity index is 1.52. The van der Waals surface area contributed by atoms with E-state index in [-0.39, 0.29) is 17.9 Å². The zero-order chi connectivity index (χ0) is 17.9. The van der Waals surface area contributed by atoms with Crippen LogP contribution in [0, 0.1) is 0 Å². The Morgan fingerprint density at radius 2 is 1.35 bits per heavy atom. The topological polar surface area (TPSA) is 55.1 Å². The summed E-state index contributed by atoms with van der Waals surface area (Å²) < 4.78 is 0. The van der Waals surface area contributed by atoms with Crippen molar-refractivity contribution in [2.24, 2.45) is 0 Å². The van der Waals surface area contributed by atoms with Crippen molar-refractivity contribution in [1.82, 2.24) is 5.32 Å². The molecule has 2 fully saturated rings. The number of carbonyl (C=O) groups is 2. The van der Waals surface area contributed by atoms with Gasteiger partial charge >= 0.3 is 0 Å². The highest BCUT2D eigenvalue weighted by Gasteiger charge is 2.42. The van der Waals surface area contributed by atoms with Gasteiger partial charge in [0.25, 0.3) is 5.91 Å². The Bertz CT molecular complexity index is 731. The molecule has 5 heteroatoms. The summed E-state index contributed by atoms with van der Waals surface area (Å²) in [4.78, 5) is 26.3. The number of imide groups is 1. The fourth-order valence-electron chi connectivity index (χ4n) is 4.37. The number of hydrogen-bond acceptors (Lipinski definition) is 2. The molecule has 1 atom stereocenters. The molecule has 0 saturated carbocycles. The molecule has 0 bridgehead atoms. The van der Waals surface area contributed by atoms with E-state index in [0.29, 0.717) is 12.5 Å². The number of carbonyl (C=O) groups excluding carboxylic acids is 2. The highest BCUT2D eigenvalue weighted by Crippen LogP contribution is 2.18.